The van der Waals surface area contributed by atoms with E-state index in [0.29, 0.717) is 18.5 Å². The molecule has 0 amide bonds. The number of hydrogen-bond acceptors (Lipinski definition) is 3. The molecule has 0 bridgehead atoms. The molecule has 0 aliphatic heterocycles. The zero-order valence-corrected chi connectivity index (χ0v) is 10.2. The van der Waals surface area contributed by atoms with Gasteiger partial charge in [-0.3, -0.25) is 0 Å². The first-order valence-electron chi connectivity index (χ1n) is 5.73. The highest BCUT2D eigenvalue weighted by Crippen LogP contribution is 2.26. The summed E-state index contributed by atoms with van der Waals surface area (Å²) in [6, 6.07) is 0.409. The van der Waals surface area contributed by atoms with Crippen LogP contribution in [0.15, 0.2) is 0 Å². The van der Waals surface area contributed by atoms with Crippen LogP contribution in [-0.4, -0.2) is 26.8 Å². The Morgan fingerprint density at radius 2 is 1.93 bits per heavy atom. The Labute approximate surface area is 92.7 Å². The third-order valence-corrected chi connectivity index (χ3v) is 3.98. The smallest absolute Gasteiger partial charge is 0.210 e. The Balaban J connectivity index is 2.20. The molecular weight excluding hydrogens is 212 g/mol. The summed E-state index contributed by atoms with van der Waals surface area (Å²) >= 11 is 0. The average Bonchev–Trinajstić information content (AvgIpc) is 2.17. The molecule has 90 valence electrons. The van der Waals surface area contributed by atoms with E-state index in [1.807, 2.05) is 0 Å². The monoisotopic (exact) mass is 234 g/mol. The molecule has 0 heterocycles. The first kappa shape index (κ1) is 12.9. The predicted molar refractivity (Wildman–Crippen MR) is 62.0 cm³/mol. The molecule has 1 unspecified atom stereocenters. The van der Waals surface area contributed by atoms with E-state index in [0.717, 1.165) is 0 Å². The molecule has 0 radical (unpaired) electrons. The van der Waals surface area contributed by atoms with E-state index in [9.17, 15) is 8.42 Å². The Hall–Kier alpha value is -0.130. The molecule has 0 spiro atoms. The highest BCUT2D eigenvalue weighted by molar-refractivity contribution is 7.89. The van der Waals surface area contributed by atoms with Gasteiger partial charge in [-0.1, -0.05) is 19.3 Å². The van der Waals surface area contributed by atoms with Crippen molar-refractivity contribution in [2.45, 2.75) is 45.1 Å². The molecule has 5 heteroatoms. The van der Waals surface area contributed by atoms with Crippen molar-refractivity contribution in [1.29, 1.82) is 0 Å². The van der Waals surface area contributed by atoms with Crippen molar-refractivity contribution in [1.82, 2.24) is 5.32 Å². The number of nitrogens with two attached hydrogens (primary N) is 1. The summed E-state index contributed by atoms with van der Waals surface area (Å²) in [5, 5.41) is 8.18. The lowest BCUT2D eigenvalue weighted by Gasteiger charge is -2.28. The number of nitrogens with one attached hydrogen (secondary N) is 1. The number of primary sulfonamides is 1. The van der Waals surface area contributed by atoms with Crippen molar-refractivity contribution >= 4 is 10.0 Å². The van der Waals surface area contributed by atoms with Gasteiger partial charge in [0.2, 0.25) is 10.0 Å². The van der Waals surface area contributed by atoms with E-state index >= 15 is 0 Å². The van der Waals surface area contributed by atoms with Crippen molar-refractivity contribution < 1.29 is 8.42 Å². The second-order valence-corrected chi connectivity index (χ2v) is 6.24. The van der Waals surface area contributed by atoms with Gasteiger partial charge in [0, 0.05) is 12.6 Å². The van der Waals surface area contributed by atoms with Crippen LogP contribution in [0.1, 0.15) is 39.0 Å². The van der Waals surface area contributed by atoms with E-state index in [2.05, 4.69) is 12.2 Å². The van der Waals surface area contributed by atoms with Gasteiger partial charge in [0.25, 0.3) is 0 Å². The van der Waals surface area contributed by atoms with Crippen molar-refractivity contribution in [3.8, 4) is 0 Å². The molecule has 4 nitrogen and oxygen atoms in total. The van der Waals surface area contributed by atoms with E-state index in [1.165, 1.54) is 32.1 Å². The summed E-state index contributed by atoms with van der Waals surface area (Å²) in [4.78, 5) is 0. The minimum absolute atomic E-state index is 0.0318. The minimum Gasteiger partial charge on any atom is -0.313 e. The van der Waals surface area contributed by atoms with Crippen LogP contribution in [0.3, 0.4) is 0 Å². The first-order valence-corrected chi connectivity index (χ1v) is 7.44. The fourth-order valence-corrected chi connectivity index (χ4v) is 2.63. The molecule has 3 N–H and O–H groups in total. The highest BCUT2D eigenvalue weighted by Gasteiger charge is 2.19. The van der Waals surface area contributed by atoms with E-state index < -0.39 is 10.0 Å². The minimum atomic E-state index is -3.31. The third-order valence-electron chi connectivity index (χ3n) is 3.21. The average molecular weight is 234 g/mol. The van der Waals surface area contributed by atoms with Crippen molar-refractivity contribution in [2.24, 2.45) is 11.1 Å². The maximum absolute atomic E-state index is 10.7. The zero-order valence-electron chi connectivity index (χ0n) is 9.41. The summed E-state index contributed by atoms with van der Waals surface area (Å²) in [7, 11) is -3.31. The maximum atomic E-state index is 10.7. The summed E-state index contributed by atoms with van der Waals surface area (Å²) in [5.74, 6) is 0.739. The van der Waals surface area contributed by atoms with Crippen LogP contribution in [-0.2, 0) is 10.0 Å². The van der Waals surface area contributed by atoms with Crippen LogP contribution in [0, 0.1) is 5.92 Å². The quantitative estimate of drug-likeness (QED) is 0.740. The molecule has 1 saturated carbocycles. The van der Waals surface area contributed by atoms with Gasteiger partial charge in [0.15, 0.2) is 0 Å². The van der Waals surface area contributed by atoms with Gasteiger partial charge in [0.1, 0.15) is 0 Å². The molecule has 0 aromatic rings. The van der Waals surface area contributed by atoms with Crippen LogP contribution in [0.2, 0.25) is 0 Å². The Kier molecular flexibility index (Phi) is 5.02. The number of sulfonamides is 1. The molecular formula is C10H22N2O2S. The molecule has 0 saturated heterocycles. The molecule has 1 aliphatic carbocycles. The summed E-state index contributed by atoms with van der Waals surface area (Å²) < 4.78 is 21.5. The normalized spacial score (nSPS) is 21.5. The van der Waals surface area contributed by atoms with Crippen molar-refractivity contribution in [2.75, 3.05) is 12.3 Å². The standard InChI is InChI=1S/C10H22N2O2S/c1-9(10-5-3-2-4-6-10)12-7-8-15(11,13)14/h9-10,12H,2-8H2,1H3,(H2,11,13,14). The molecule has 1 fully saturated rings. The van der Waals surface area contributed by atoms with E-state index in [1.54, 1.807) is 0 Å². The van der Waals surface area contributed by atoms with Crippen LogP contribution < -0.4 is 10.5 Å². The first-order chi connectivity index (χ1) is 6.99. The topological polar surface area (TPSA) is 72.2 Å². The molecule has 1 atom stereocenters. The zero-order chi connectivity index (χ0) is 11.3. The summed E-state index contributed by atoms with van der Waals surface area (Å²) in [6.07, 6.45) is 6.51. The second kappa shape index (κ2) is 5.82. The lowest BCUT2D eigenvalue weighted by molar-refractivity contribution is 0.285. The van der Waals surface area contributed by atoms with Crippen molar-refractivity contribution in [3.05, 3.63) is 0 Å². The SMILES string of the molecule is CC(NCCS(N)(=O)=O)C1CCCCC1. The van der Waals surface area contributed by atoms with Gasteiger partial charge in [0.05, 0.1) is 5.75 Å². The second-order valence-electron chi connectivity index (χ2n) is 4.51. The molecule has 1 aliphatic rings. The molecule has 1 rings (SSSR count). The molecule has 0 aromatic heterocycles. The van der Waals surface area contributed by atoms with Crippen molar-refractivity contribution in [3.63, 3.8) is 0 Å². The Bertz CT molecular complexity index is 271. The number of hydrogen-bond donors (Lipinski definition) is 2. The lowest BCUT2D eigenvalue weighted by atomic mass is 9.84. The Morgan fingerprint density at radius 3 is 2.47 bits per heavy atom. The van der Waals surface area contributed by atoms with E-state index in [-0.39, 0.29) is 5.75 Å². The van der Waals surface area contributed by atoms with Gasteiger partial charge in [-0.25, -0.2) is 13.6 Å². The van der Waals surface area contributed by atoms with Gasteiger partial charge >= 0.3 is 0 Å². The Morgan fingerprint density at radius 1 is 1.33 bits per heavy atom. The van der Waals surface area contributed by atoms with Gasteiger partial charge in [-0.2, -0.15) is 0 Å². The predicted octanol–water partition coefficient (Wildman–Crippen LogP) is 0.833. The highest BCUT2D eigenvalue weighted by atomic mass is 32.2. The largest absolute Gasteiger partial charge is 0.313 e. The van der Waals surface area contributed by atoms with Crippen LogP contribution in [0.5, 0.6) is 0 Å². The summed E-state index contributed by atoms with van der Waals surface area (Å²) in [6.45, 7) is 2.61. The summed E-state index contributed by atoms with van der Waals surface area (Å²) in [5.41, 5.74) is 0. The van der Waals surface area contributed by atoms with Gasteiger partial charge in [-0.15, -0.1) is 0 Å². The van der Waals surface area contributed by atoms with E-state index in [4.69, 9.17) is 5.14 Å². The van der Waals surface area contributed by atoms with Crippen LogP contribution in [0.25, 0.3) is 0 Å². The fourth-order valence-electron chi connectivity index (χ4n) is 2.23. The molecule has 0 aromatic carbocycles. The third kappa shape index (κ3) is 5.49. The lowest BCUT2D eigenvalue weighted by Crippen LogP contribution is -2.38. The fraction of sp³-hybridized carbons (Fsp3) is 1.00. The van der Waals surface area contributed by atoms with Crippen LogP contribution in [0.4, 0.5) is 0 Å². The maximum Gasteiger partial charge on any atom is 0.210 e. The molecule has 15 heavy (non-hydrogen) atoms. The van der Waals surface area contributed by atoms with Gasteiger partial charge < -0.3 is 5.32 Å². The van der Waals surface area contributed by atoms with Gasteiger partial charge in [-0.05, 0) is 25.7 Å². The van der Waals surface area contributed by atoms with Crippen LogP contribution >= 0.6 is 0 Å². The number of rotatable bonds is 5.